The number of carbonyl (C=O) groups excluding carboxylic acids is 1. The molecule has 0 bridgehead atoms. The van der Waals surface area contributed by atoms with Crippen LogP contribution in [0.5, 0.6) is 0 Å². The minimum Gasteiger partial charge on any atom is -0.355 e. The predicted molar refractivity (Wildman–Crippen MR) is 107 cm³/mol. The van der Waals surface area contributed by atoms with E-state index in [4.69, 9.17) is 0 Å². The van der Waals surface area contributed by atoms with Gasteiger partial charge >= 0.3 is 0 Å². The van der Waals surface area contributed by atoms with E-state index in [0.717, 1.165) is 10.2 Å². The lowest BCUT2D eigenvalue weighted by Crippen LogP contribution is -2.43. The molecule has 1 aromatic heterocycles. The Morgan fingerprint density at radius 2 is 1.85 bits per heavy atom. The predicted octanol–water partition coefficient (Wildman–Crippen LogP) is 3.27. The van der Waals surface area contributed by atoms with Crippen molar-refractivity contribution in [2.75, 3.05) is 19.6 Å². The molecule has 1 saturated heterocycles. The number of hydrogen-bond donors (Lipinski definition) is 1. The van der Waals surface area contributed by atoms with Crippen molar-refractivity contribution in [3.63, 3.8) is 0 Å². The molecular formula is C18H21BrN2O3S2. The number of carbonyl (C=O) groups is 1. The summed E-state index contributed by atoms with van der Waals surface area (Å²) >= 11 is 5.10. The van der Waals surface area contributed by atoms with E-state index in [0.29, 0.717) is 37.4 Å². The van der Waals surface area contributed by atoms with Gasteiger partial charge in [0.05, 0.1) is 8.68 Å². The van der Waals surface area contributed by atoms with Crippen molar-refractivity contribution in [1.29, 1.82) is 0 Å². The summed E-state index contributed by atoms with van der Waals surface area (Å²) in [6.07, 6.45) is 1.92. The van der Waals surface area contributed by atoms with Gasteiger partial charge in [-0.1, -0.05) is 18.2 Å². The fourth-order valence-corrected chi connectivity index (χ4v) is 6.01. The van der Waals surface area contributed by atoms with Crippen molar-refractivity contribution < 1.29 is 13.2 Å². The Bertz CT molecular complexity index is 844. The third-order valence-electron chi connectivity index (χ3n) is 4.51. The van der Waals surface area contributed by atoms with Crippen LogP contribution in [0.1, 0.15) is 17.7 Å². The fraction of sp³-hybridized carbons (Fsp3) is 0.389. The third kappa shape index (κ3) is 4.73. The zero-order valence-electron chi connectivity index (χ0n) is 14.2. The molecular weight excluding hydrogens is 436 g/mol. The van der Waals surface area contributed by atoms with Gasteiger partial charge in [-0.25, -0.2) is 8.42 Å². The van der Waals surface area contributed by atoms with E-state index in [1.807, 2.05) is 12.1 Å². The Kier molecular flexibility index (Phi) is 6.50. The monoisotopic (exact) mass is 456 g/mol. The number of nitrogens with one attached hydrogen (secondary N) is 1. The Hall–Kier alpha value is -1.22. The van der Waals surface area contributed by atoms with Crippen LogP contribution in [0.15, 0.2) is 51.1 Å². The van der Waals surface area contributed by atoms with E-state index in [2.05, 4.69) is 21.2 Å². The van der Waals surface area contributed by atoms with Crippen molar-refractivity contribution in [3.05, 3.63) is 51.1 Å². The SMILES string of the molecule is O=C(NCCc1ccc(Br)s1)C1CCN(S(=O)(=O)c2ccccc2)CC1. The lowest BCUT2D eigenvalue weighted by molar-refractivity contribution is -0.126. The topological polar surface area (TPSA) is 66.5 Å². The van der Waals surface area contributed by atoms with Crippen LogP contribution in [0.2, 0.25) is 0 Å². The molecule has 140 valence electrons. The molecule has 1 N–H and O–H groups in total. The molecule has 0 unspecified atom stereocenters. The van der Waals surface area contributed by atoms with Gasteiger partial charge in [-0.05, 0) is 59.5 Å². The normalized spacial score (nSPS) is 16.5. The van der Waals surface area contributed by atoms with E-state index >= 15 is 0 Å². The van der Waals surface area contributed by atoms with Gasteiger partial charge in [0.25, 0.3) is 0 Å². The maximum atomic E-state index is 12.6. The zero-order valence-corrected chi connectivity index (χ0v) is 17.4. The molecule has 0 saturated carbocycles. The number of hydrogen-bond acceptors (Lipinski definition) is 4. The van der Waals surface area contributed by atoms with Crippen LogP contribution in [0.25, 0.3) is 0 Å². The summed E-state index contributed by atoms with van der Waals surface area (Å²) in [7, 11) is -3.46. The van der Waals surface area contributed by atoms with Crippen LogP contribution in [0, 0.1) is 5.92 Å². The summed E-state index contributed by atoms with van der Waals surface area (Å²) in [6, 6.07) is 12.5. The second-order valence-electron chi connectivity index (χ2n) is 6.24. The van der Waals surface area contributed by atoms with Crippen LogP contribution < -0.4 is 5.32 Å². The number of benzene rings is 1. The summed E-state index contributed by atoms with van der Waals surface area (Å²) in [5.41, 5.74) is 0. The molecule has 3 rings (SSSR count). The average molecular weight is 457 g/mol. The minimum atomic E-state index is -3.46. The summed E-state index contributed by atoms with van der Waals surface area (Å²) in [5, 5.41) is 2.98. The summed E-state index contributed by atoms with van der Waals surface area (Å²) in [4.78, 5) is 13.9. The van der Waals surface area contributed by atoms with E-state index in [9.17, 15) is 13.2 Å². The highest BCUT2D eigenvalue weighted by Gasteiger charge is 2.31. The molecule has 1 aromatic carbocycles. The van der Waals surface area contributed by atoms with Gasteiger partial charge in [0.15, 0.2) is 0 Å². The molecule has 0 radical (unpaired) electrons. The molecule has 0 spiro atoms. The highest BCUT2D eigenvalue weighted by Crippen LogP contribution is 2.24. The first-order valence-electron chi connectivity index (χ1n) is 8.54. The quantitative estimate of drug-likeness (QED) is 0.724. The molecule has 0 aliphatic carbocycles. The molecule has 26 heavy (non-hydrogen) atoms. The first-order valence-corrected chi connectivity index (χ1v) is 11.6. The Morgan fingerprint density at radius 1 is 1.15 bits per heavy atom. The maximum absolute atomic E-state index is 12.6. The van der Waals surface area contributed by atoms with Gasteiger partial charge in [-0.2, -0.15) is 4.31 Å². The van der Waals surface area contributed by atoms with Crippen LogP contribution in [0.3, 0.4) is 0 Å². The molecule has 2 heterocycles. The van der Waals surface area contributed by atoms with Gasteiger partial charge in [-0.3, -0.25) is 4.79 Å². The van der Waals surface area contributed by atoms with Crippen LogP contribution in [-0.2, 0) is 21.2 Å². The minimum absolute atomic E-state index is 0.0254. The van der Waals surface area contributed by atoms with Gasteiger partial charge in [-0.15, -0.1) is 11.3 Å². The lowest BCUT2D eigenvalue weighted by atomic mass is 9.97. The number of nitrogens with zero attached hydrogens (tertiary/aromatic N) is 1. The van der Waals surface area contributed by atoms with E-state index < -0.39 is 10.0 Å². The second-order valence-corrected chi connectivity index (χ2v) is 10.7. The molecule has 1 amide bonds. The van der Waals surface area contributed by atoms with Gasteiger partial charge in [0.1, 0.15) is 0 Å². The van der Waals surface area contributed by atoms with E-state index in [-0.39, 0.29) is 11.8 Å². The second kappa shape index (κ2) is 8.65. The smallest absolute Gasteiger partial charge is 0.243 e. The van der Waals surface area contributed by atoms with E-state index in [1.165, 1.54) is 9.18 Å². The summed E-state index contributed by atoms with van der Waals surface area (Å²) in [5.74, 6) is -0.0929. The van der Waals surface area contributed by atoms with Gasteiger partial charge in [0.2, 0.25) is 15.9 Å². The molecule has 8 heteroatoms. The molecule has 1 aliphatic heterocycles. The fourth-order valence-electron chi connectivity index (χ4n) is 3.04. The Morgan fingerprint density at radius 3 is 2.46 bits per heavy atom. The molecule has 1 aliphatic rings. The Labute approximate surface area is 166 Å². The van der Waals surface area contributed by atoms with Crippen molar-refractivity contribution in [1.82, 2.24) is 9.62 Å². The zero-order chi connectivity index (χ0) is 18.6. The molecule has 1 fully saturated rings. The van der Waals surface area contributed by atoms with Crippen LogP contribution in [-0.4, -0.2) is 38.3 Å². The number of sulfonamides is 1. The first-order chi connectivity index (χ1) is 12.5. The number of amides is 1. The van der Waals surface area contributed by atoms with Crippen molar-refractivity contribution >= 4 is 43.2 Å². The molecule has 5 nitrogen and oxygen atoms in total. The number of rotatable bonds is 6. The number of halogens is 1. The average Bonchev–Trinajstić information content (AvgIpc) is 3.07. The van der Waals surface area contributed by atoms with E-state index in [1.54, 1.807) is 41.7 Å². The van der Waals surface area contributed by atoms with Crippen LogP contribution in [0.4, 0.5) is 0 Å². The van der Waals surface area contributed by atoms with Crippen molar-refractivity contribution in [2.45, 2.75) is 24.2 Å². The lowest BCUT2D eigenvalue weighted by Gasteiger charge is -2.30. The number of piperidine rings is 1. The third-order valence-corrected chi connectivity index (χ3v) is 8.10. The highest BCUT2D eigenvalue weighted by molar-refractivity contribution is 9.11. The summed E-state index contributed by atoms with van der Waals surface area (Å²) < 4.78 is 27.8. The first kappa shape index (κ1) is 19.5. The van der Waals surface area contributed by atoms with Crippen LogP contribution >= 0.6 is 27.3 Å². The largest absolute Gasteiger partial charge is 0.355 e. The molecule has 2 aromatic rings. The number of thiophene rings is 1. The highest BCUT2D eigenvalue weighted by atomic mass is 79.9. The van der Waals surface area contributed by atoms with Crippen molar-refractivity contribution in [2.24, 2.45) is 5.92 Å². The standard InChI is InChI=1S/C18H21BrN2O3S2/c19-17-7-6-15(25-17)8-11-20-18(22)14-9-12-21(13-10-14)26(23,24)16-4-2-1-3-5-16/h1-7,14H,8-13H2,(H,20,22). The Balaban J connectivity index is 1.48. The molecule has 0 atom stereocenters. The van der Waals surface area contributed by atoms with Gasteiger partial charge in [0, 0.05) is 30.4 Å². The van der Waals surface area contributed by atoms with Crippen molar-refractivity contribution in [3.8, 4) is 0 Å². The van der Waals surface area contributed by atoms with Gasteiger partial charge < -0.3 is 5.32 Å². The maximum Gasteiger partial charge on any atom is 0.243 e. The summed E-state index contributed by atoms with van der Waals surface area (Å²) in [6.45, 7) is 1.37.